The average molecular weight is 376 g/mol. The summed E-state index contributed by atoms with van der Waals surface area (Å²) in [6, 6.07) is 30.6. The third-order valence-corrected chi connectivity index (χ3v) is 6.38. The first kappa shape index (κ1) is 14.7. The van der Waals surface area contributed by atoms with Gasteiger partial charge in [0.2, 0.25) is 0 Å². The Balaban J connectivity index is 2.04. The predicted molar refractivity (Wildman–Crippen MR) is 121 cm³/mol. The summed E-state index contributed by atoms with van der Waals surface area (Å²) >= 11 is 6.39. The van der Waals surface area contributed by atoms with Crippen LogP contribution in [0.4, 0.5) is 0 Å². The molecule has 2 heterocycles. The van der Waals surface area contributed by atoms with Crippen molar-refractivity contribution in [1.29, 1.82) is 0 Å². The number of halogens is 1. The zero-order chi connectivity index (χ0) is 18.4. The molecule has 0 aliphatic carbocycles. The summed E-state index contributed by atoms with van der Waals surface area (Å²) in [5.74, 6) is 0. The summed E-state index contributed by atoms with van der Waals surface area (Å²) in [4.78, 5) is 0. The molecular weight excluding hydrogens is 362 g/mol. The fraction of sp³-hybridized carbons (Fsp3) is 0. The van der Waals surface area contributed by atoms with Crippen LogP contribution < -0.4 is 0 Å². The van der Waals surface area contributed by atoms with Crippen LogP contribution in [0.15, 0.2) is 84.9 Å². The number of hydrogen-bond donors (Lipinski definition) is 0. The molecule has 0 fully saturated rings. The Kier molecular flexibility index (Phi) is 2.60. The topological polar surface area (TPSA) is 4.41 Å². The minimum atomic E-state index is 0.774. The lowest BCUT2D eigenvalue weighted by molar-refractivity contribution is 1.36. The van der Waals surface area contributed by atoms with Gasteiger partial charge in [0.25, 0.3) is 0 Å². The van der Waals surface area contributed by atoms with E-state index in [1.165, 1.54) is 59.6 Å². The maximum Gasteiger partial charge on any atom is 0.0626 e. The molecule has 0 unspecified atom stereocenters. The molecule has 2 heteroatoms. The number of hydrogen-bond acceptors (Lipinski definition) is 0. The zero-order valence-electron chi connectivity index (χ0n) is 14.9. The lowest BCUT2D eigenvalue weighted by Gasteiger charge is -2.07. The number of para-hydroxylation sites is 1. The van der Waals surface area contributed by atoms with Gasteiger partial charge < -0.3 is 4.40 Å². The minimum absolute atomic E-state index is 0.774. The van der Waals surface area contributed by atoms with Gasteiger partial charge in [0.1, 0.15) is 0 Å². The first-order valence-corrected chi connectivity index (χ1v) is 9.87. The van der Waals surface area contributed by atoms with Gasteiger partial charge in [-0.05, 0) is 45.8 Å². The van der Waals surface area contributed by atoms with Crippen molar-refractivity contribution in [2.75, 3.05) is 0 Å². The van der Waals surface area contributed by atoms with Crippen LogP contribution in [-0.2, 0) is 0 Å². The molecule has 0 radical (unpaired) electrons. The predicted octanol–water partition coefficient (Wildman–Crippen LogP) is 7.80. The van der Waals surface area contributed by atoms with E-state index in [-0.39, 0.29) is 0 Å². The van der Waals surface area contributed by atoms with E-state index in [4.69, 9.17) is 11.6 Å². The van der Waals surface area contributed by atoms with Gasteiger partial charge in [0.05, 0.1) is 16.6 Å². The molecule has 0 saturated heterocycles. The molecule has 0 amide bonds. The fourth-order valence-electron chi connectivity index (χ4n) is 5.04. The molecule has 0 N–H and O–H groups in total. The van der Waals surface area contributed by atoms with Gasteiger partial charge in [-0.25, -0.2) is 0 Å². The zero-order valence-corrected chi connectivity index (χ0v) is 15.7. The highest BCUT2D eigenvalue weighted by atomic mass is 35.5. The average Bonchev–Trinajstić information content (AvgIpc) is 2.99. The Morgan fingerprint density at radius 3 is 2.21 bits per heavy atom. The van der Waals surface area contributed by atoms with E-state index in [0.29, 0.717) is 0 Å². The van der Waals surface area contributed by atoms with Gasteiger partial charge >= 0.3 is 0 Å². The van der Waals surface area contributed by atoms with Crippen molar-refractivity contribution in [2.24, 2.45) is 0 Å². The van der Waals surface area contributed by atoms with Crippen molar-refractivity contribution >= 4 is 71.2 Å². The first-order chi connectivity index (χ1) is 13.8. The van der Waals surface area contributed by atoms with Crippen molar-refractivity contribution in [3.05, 3.63) is 90.0 Å². The highest BCUT2D eigenvalue weighted by Crippen LogP contribution is 2.42. The van der Waals surface area contributed by atoms with E-state index in [2.05, 4.69) is 83.3 Å². The maximum absolute atomic E-state index is 6.39. The molecule has 28 heavy (non-hydrogen) atoms. The molecule has 1 nitrogen and oxygen atoms in total. The summed E-state index contributed by atoms with van der Waals surface area (Å²) in [5, 5.41) is 11.0. The van der Waals surface area contributed by atoms with Gasteiger partial charge in [-0.2, -0.15) is 0 Å². The van der Waals surface area contributed by atoms with Crippen LogP contribution in [0.2, 0.25) is 5.02 Å². The van der Waals surface area contributed by atoms with E-state index in [0.717, 1.165) is 5.02 Å². The third kappa shape index (κ3) is 1.64. The van der Waals surface area contributed by atoms with Gasteiger partial charge in [-0.15, -0.1) is 0 Å². The molecule has 7 rings (SSSR count). The molecule has 130 valence electrons. The van der Waals surface area contributed by atoms with Crippen LogP contribution in [0.3, 0.4) is 0 Å². The van der Waals surface area contributed by atoms with Crippen LogP contribution in [-0.4, -0.2) is 4.40 Å². The minimum Gasteiger partial charge on any atom is -0.308 e. The molecule has 0 atom stereocenters. The van der Waals surface area contributed by atoms with E-state index in [1.54, 1.807) is 0 Å². The van der Waals surface area contributed by atoms with Gasteiger partial charge in [-0.1, -0.05) is 72.3 Å². The van der Waals surface area contributed by atoms with Gasteiger partial charge in [0, 0.05) is 26.6 Å². The smallest absolute Gasteiger partial charge is 0.0626 e. The molecule has 0 bridgehead atoms. The van der Waals surface area contributed by atoms with Crippen LogP contribution in [0.25, 0.3) is 59.6 Å². The van der Waals surface area contributed by atoms with Crippen molar-refractivity contribution in [1.82, 2.24) is 4.40 Å². The number of fused-ring (bicyclic) bond motifs is 6. The largest absolute Gasteiger partial charge is 0.308 e. The molecule has 7 aromatic rings. The van der Waals surface area contributed by atoms with Crippen molar-refractivity contribution < 1.29 is 0 Å². The Bertz CT molecular complexity index is 1720. The summed E-state index contributed by atoms with van der Waals surface area (Å²) in [6.45, 7) is 0. The molecular formula is C26H14ClN. The van der Waals surface area contributed by atoms with E-state index in [9.17, 15) is 0 Å². The molecule has 0 aliphatic heterocycles. The van der Waals surface area contributed by atoms with E-state index >= 15 is 0 Å². The Morgan fingerprint density at radius 2 is 1.29 bits per heavy atom. The molecule has 2 aromatic heterocycles. The molecule has 0 saturated carbocycles. The second-order valence-electron chi connectivity index (χ2n) is 7.54. The number of nitrogens with zero attached hydrogens (tertiary/aromatic N) is 1. The normalized spacial score (nSPS) is 12.5. The summed E-state index contributed by atoms with van der Waals surface area (Å²) < 4.78 is 2.43. The first-order valence-electron chi connectivity index (χ1n) is 9.49. The van der Waals surface area contributed by atoms with Crippen LogP contribution in [0, 0.1) is 0 Å². The maximum atomic E-state index is 6.39. The van der Waals surface area contributed by atoms with E-state index < -0.39 is 0 Å². The quantitative estimate of drug-likeness (QED) is 0.238. The lowest BCUT2D eigenvalue weighted by atomic mass is 9.96. The summed E-state index contributed by atoms with van der Waals surface area (Å²) in [7, 11) is 0. The van der Waals surface area contributed by atoms with Crippen LogP contribution in [0.1, 0.15) is 0 Å². The summed E-state index contributed by atoms with van der Waals surface area (Å²) in [6.07, 6.45) is 0. The molecule has 5 aromatic carbocycles. The lowest BCUT2D eigenvalue weighted by Crippen LogP contribution is -1.84. The third-order valence-electron chi connectivity index (χ3n) is 6.15. The fourth-order valence-corrected chi connectivity index (χ4v) is 5.21. The number of rotatable bonds is 0. The Hall–Kier alpha value is -3.29. The van der Waals surface area contributed by atoms with E-state index in [1.807, 2.05) is 6.07 Å². The van der Waals surface area contributed by atoms with Crippen molar-refractivity contribution in [2.45, 2.75) is 0 Å². The standard InChI is InChI=1S/C26H14ClN/c27-17-11-13-23-21(14-17)20-12-10-16-9-8-15-4-3-6-19-18-5-1-2-7-22(18)28(23)26(20)25(16)24(15)19/h1-14H. The van der Waals surface area contributed by atoms with Crippen molar-refractivity contribution in [3.8, 4) is 0 Å². The number of aromatic nitrogens is 1. The highest BCUT2D eigenvalue weighted by Gasteiger charge is 2.18. The molecule has 0 spiro atoms. The second-order valence-corrected chi connectivity index (χ2v) is 7.98. The highest BCUT2D eigenvalue weighted by molar-refractivity contribution is 6.34. The Labute approximate surface area is 165 Å². The van der Waals surface area contributed by atoms with Gasteiger partial charge in [0.15, 0.2) is 0 Å². The van der Waals surface area contributed by atoms with Gasteiger partial charge in [-0.3, -0.25) is 0 Å². The second kappa shape index (κ2) is 4.95. The SMILES string of the molecule is Clc1ccc2c(c1)c1ccc3ccc4cccc5c6ccccc6n2c1c3c45. The molecule has 0 aliphatic rings. The summed E-state index contributed by atoms with van der Waals surface area (Å²) in [5.41, 5.74) is 3.70. The van der Waals surface area contributed by atoms with Crippen LogP contribution >= 0.6 is 11.6 Å². The Morgan fingerprint density at radius 1 is 0.536 bits per heavy atom. The monoisotopic (exact) mass is 375 g/mol. The van der Waals surface area contributed by atoms with Crippen molar-refractivity contribution in [3.63, 3.8) is 0 Å². The van der Waals surface area contributed by atoms with Crippen LogP contribution in [0.5, 0.6) is 0 Å². The number of benzene rings is 5.